The lowest BCUT2D eigenvalue weighted by molar-refractivity contribution is -0.0448. The Morgan fingerprint density at radius 3 is 2.73 bits per heavy atom. The van der Waals surface area contributed by atoms with Crippen molar-refractivity contribution in [3.8, 4) is 11.5 Å². The predicted molar refractivity (Wildman–Crippen MR) is 97.3 cm³/mol. The van der Waals surface area contributed by atoms with E-state index < -0.39 is 0 Å². The Morgan fingerprint density at radius 2 is 1.92 bits per heavy atom. The number of rotatable bonds is 4. The lowest BCUT2D eigenvalue weighted by Crippen LogP contribution is -2.51. The maximum atomic E-state index is 13.1. The van der Waals surface area contributed by atoms with Crippen LogP contribution in [-0.4, -0.2) is 47.8 Å². The van der Waals surface area contributed by atoms with Gasteiger partial charge < -0.3 is 19.5 Å². The number of hydrogen-bond donors (Lipinski definition) is 1. The van der Waals surface area contributed by atoms with Gasteiger partial charge in [0.05, 0.1) is 18.8 Å². The molecule has 2 aliphatic rings. The Hall–Kier alpha value is -2.37. The molecule has 136 valence electrons. The molecule has 0 spiro atoms. The zero-order chi connectivity index (χ0) is 17.9. The topological polar surface area (TPSA) is 59.0 Å². The smallest absolute Gasteiger partial charge is 0.254 e. The minimum Gasteiger partial charge on any atom is -0.457 e. The van der Waals surface area contributed by atoms with Gasteiger partial charge in [-0.05, 0) is 49.1 Å². The average molecular weight is 353 g/mol. The van der Waals surface area contributed by atoms with E-state index in [-0.39, 0.29) is 30.6 Å². The molecule has 0 bridgehead atoms. The van der Waals surface area contributed by atoms with Gasteiger partial charge in [-0.15, -0.1) is 0 Å². The van der Waals surface area contributed by atoms with Gasteiger partial charge in [-0.3, -0.25) is 4.79 Å². The SMILES string of the molecule is O=C(c1cccc(Oc2ccccc2)c1)N1CCOC2C[C@H](CO)C[C@@H]21. The molecule has 5 heteroatoms. The van der Waals surface area contributed by atoms with Crippen LogP contribution in [0.4, 0.5) is 0 Å². The van der Waals surface area contributed by atoms with Gasteiger partial charge in [-0.25, -0.2) is 0 Å². The maximum absolute atomic E-state index is 13.1. The van der Waals surface area contributed by atoms with Crippen molar-refractivity contribution >= 4 is 5.91 Å². The summed E-state index contributed by atoms with van der Waals surface area (Å²) in [6, 6.07) is 16.9. The molecule has 2 fully saturated rings. The molecule has 26 heavy (non-hydrogen) atoms. The van der Waals surface area contributed by atoms with Crippen LogP contribution in [0.2, 0.25) is 0 Å². The lowest BCUT2D eigenvalue weighted by atomic mass is 10.1. The van der Waals surface area contributed by atoms with Crippen LogP contribution in [0.3, 0.4) is 0 Å². The first kappa shape index (κ1) is 17.1. The number of hydrogen-bond acceptors (Lipinski definition) is 4. The van der Waals surface area contributed by atoms with Crippen molar-refractivity contribution in [2.24, 2.45) is 5.92 Å². The highest BCUT2D eigenvalue weighted by molar-refractivity contribution is 5.95. The molecule has 1 N–H and O–H groups in total. The van der Waals surface area contributed by atoms with E-state index in [1.165, 1.54) is 0 Å². The minimum absolute atomic E-state index is 0.000372. The fraction of sp³-hybridized carbons (Fsp3) is 0.381. The second-order valence-corrected chi connectivity index (χ2v) is 6.94. The number of nitrogens with zero attached hydrogens (tertiary/aromatic N) is 1. The Balaban J connectivity index is 1.52. The second-order valence-electron chi connectivity index (χ2n) is 6.94. The van der Waals surface area contributed by atoms with Crippen molar-refractivity contribution in [3.05, 3.63) is 60.2 Å². The summed E-state index contributed by atoms with van der Waals surface area (Å²) in [7, 11) is 0. The van der Waals surface area contributed by atoms with Gasteiger partial charge in [0.15, 0.2) is 0 Å². The zero-order valence-corrected chi connectivity index (χ0v) is 14.6. The summed E-state index contributed by atoms with van der Waals surface area (Å²) in [5.41, 5.74) is 0.617. The number of para-hydroxylation sites is 1. The number of morpholine rings is 1. The van der Waals surface area contributed by atoms with Crippen LogP contribution in [0.5, 0.6) is 11.5 Å². The quantitative estimate of drug-likeness (QED) is 0.918. The third kappa shape index (κ3) is 3.45. The molecule has 1 aliphatic carbocycles. The fourth-order valence-electron chi connectivity index (χ4n) is 3.93. The van der Waals surface area contributed by atoms with E-state index in [0.717, 1.165) is 18.6 Å². The number of carbonyl (C=O) groups is 1. The summed E-state index contributed by atoms with van der Waals surface area (Å²) in [4.78, 5) is 15.0. The molecule has 0 radical (unpaired) electrons. The minimum atomic E-state index is 0.000372. The van der Waals surface area contributed by atoms with Gasteiger partial charge in [-0.1, -0.05) is 24.3 Å². The monoisotopic (exact) mass is 353 g/mol. The van der Waals surface area contributed by atoms with E-state index in [1.807, 2.05) is 53.4 Å². The molecule has 1 saturated carbocycles. The molecule has 1 saturated heterocycles. The van der Waals surface area contributed by atoms with Crippen molar-refractivity contribution in [1.29, 1.82) is 0 Å². The Kier molecular flexibility index (Phi) is 4.91. The van der Waals surface area contributed by atoms with Crippen molar-refractivity contribution in [2.75, 3.05) is 19.8 Å². The highest BCUT2D eigenvalue weighted by Crippen LogP contribution is 2.35. The molecular formula is C21H23NO4. The summed E-state index contributed by atoms with van der Waals surface area (Å²) in [6.07, 6.45) is 1.66. The molecule has 3 atom stereocenters. The molecule has 0 aromatic heterocycles. The summed E-state index contributed by atoms with van der Waals surface area (Å²) >= 11 is 0. The first-order chi connectivity index (χ1) is 12.7. The predicted octanol–water partition coefficient (Wildman–Crippen LogP) is 3.09. The number of benzene rings is 2. The highest BCUT2D eigenvalue weighted by Gasteiger charge is 2.42. The average Bonchev–Trinajstić information content (AvgIpc) is 3.12. The van der Waals surface area contributed by atoms with E-state index in [2.05, 4.69) is 0 Å². The van der Waals surface area contributed by atoms with E-state index in [0.29, 0.717) is 24.5 Å². The molecule has 2 aromatic carbocycles. The van der Waals surface area contributed by atoms with Crippen LogP contribution in [0.25, 0.3) is 0 Å². The molecule has 1 heterocycles. The van der Waals surface area contributed by atoms with E-state index in [9.17, 15) is 9.90 Å². The van der Waals surface area contributed by atoms with Crippen LogP contribution in [0.15, 0.2) is 54.6 Å². The third-order valence-electron chi connectivity index (χ3n) is 5.21. The van der Waals surface area contributed by atoms with Gasteiger partial charge in [0, 0.05) is 18.7 Å². The summed E-state index contributed by atoms with van der Waals surface area (Å²) in [5, 5.41) is 9.46. The second kappa shape index (κ2) is 7.48. The Labute approximate surface area is 153 Å². The van der Waals surface area contributed by atoms with Gasteiger partial charge in [0.1, 0.15) is 11.5 Å². The van der Waals surface area contributed by atoms with Crippen molar-refractivity contribution in [3.63, 3.8) is 0 Å². The molecule has 1 aliphatic heterocycles. The number of aliphatic hydroxyl groups is 1. The summed E-state index contributed by atoms with van der Waals surface area (Å²) in [6.45, 7) is 1.28. The fourth-order valence-corrected chi connectivity index (χ4v) is 3.93. The Morgan fingerprint density at radius 1 is 1.12 bits per heavy atom. The van der Waals surface area contributed by atoms with Crippen LogP contribution in [0.1, 0.15) is 23.2 Å². The van der Waals surface area contributed by atoms with Gasteiger partial charge in [0.2, 0.25) is 0 Å². The van der Waals surface area contributed by atoms with E-state index >= 15 is 0 Å². The maximum Gasteiger partial charge on any atom is 0.254 e. The standard InChI is InChI=1S/C21H23NO4/c23-14-15-11-19-20(12-15)25-10-9-22(19)21(24)16-5-4-8-18(13-16)26-17-6-2-1-3-7-17/h1-8,13,15,19-20,23H,9-12,14H2/t15-,19+,20?/m1/s1. The van der Waals surface area contributed by atoms with Crippen LogP contribution in [0, 0.1) is 5.92 Å². The van der Waals surface area contributed by atoms with Crippen LogP contribution >= 0.6 is 0 Å². The van der Waals surface area contributed by atoms with Gasteiger partial charge in [-0.2, -0.15) is 0 Å². The molecule has 5 nitrogen and oxygen atoms in total. The Bertz CT molecular complexity index is 764. The third-order valence-corrected chi connectivity index (χ3v) is 5.21. The highest BCUT2D eigenvalue weighted by atomic mass is 16.5. The van der Waals surface area contributed by atoms with E-state index in [4.69, 9.17) is 9.47 Å². The van der Waals surface area contributed by atoms with Crippen LogP contribution in [-0.2, 0) is 4.74 Å². The van der Waals surface area contributed by atoms with Crippen molar-refractivity contribution in [1.82, 2.24) is 4.90 Å². The molecule has 1 amide bonds. The zero-order valence-electron chi connectivity index (χ0n) is 14.6. The summed E-state index contributed by atoms with van der Waals surface area (Å²) in [5.74, 6) is 1.60. The number of carbonyl (C=O) groups excluding carboxylic acids is 1. The largest absolute Gasteiger partial charge is 0.457 e. The van der Waals surface area contributed by atoms with Crippen molar-refractivity contribution in [2.45, 2.75) is 25.0 Å². The lowest BCUT2D eigenvalue weighted by Gasteiger charge is -2.37. The number of aliphatic hydroxyl groups excluding tert-OH is 1. The van der Waals surface area contributed by atoms with Gasteiger partial charge >= 0.3 is 0 Å². The van der Waals surface area contributed by atoms with Crippen LogP contribution < -0.4 is 4.74 Å². The number of amides is 1. The first-order valence-corrected chi connectivity index (χ1v) is 9.11. The first-order valence-electron chi connectivity index (χ1n) is 9.11. The van der Waals surface area contributed by atoms with E-state index in [1.54, 1.807) is 6.07 Å². The molecule has 4 rings (SSSR count). The van der Waals surface area contributed by atoms with Gasteiger partial charge in [0.25, 0.3) is 5.91 Å². The molecule has 2 aromatic rings. The van der Waals surface area contributed by atoms with Crippen molar-refractivity contribution < 1.29 is 19.4 Å². The molecular weight excluding hydrogens is 330 g/mol. The number of ether oxygens (including phenoxy) is 2. The number of fused-ring (bicyclic) bond motifs is 1. The normalized spacial score (nSPS) is 25.0. The molecule has 1 unspecified atom stereocenters. The summed E-state index contributed by atoms with van der Waals surface area (Å²) < 4.78 is 11.7.